The first-order valence-electron chi connectivity index (χ1n) is 4.65. The molecule has 0 saturated heterocycles. The fourth-order valence-electron chi connectivity index (χ4n) is 0.952. The minimum Gasteiger partial charge on any atom is -0.464 e. The monoisotopic (exact) mass is 199 g/mol. The van der Waals surface area contributed by atoms with Gasteiger partial charge in [-0.3, -0.25) is 0 Å². The van der Waals surface area contributed by atoms with Gasteiger partial charge in [-0.05, 0) is 18.6 Å². The molecule has 13 heavy (non-hydrogen) atoms. The van der Waals surface area contributed by atoms with Crippen LogP contribution in [0.3, 0.4) is 0 Å². The van der Waals surface area contributed by atoms with Gasteiger partial charge in [0, 0.05) is 5.25 Å². The fraction of sp³-hybridized carbons (Fsp3) is 0.600. The Balaban J connectivity index is 2.36. The standard InChI is InChI=1S/C10H17NOS/c1-3-8(2)13-7-10-5-4-9(6-11)12-10/h4-5,8H,3,6-7,11H2,1-2H3. The van der Waals surface area contributed by atoms with Crippen LogP contribution < -0.4 is 5.73 Å². The third-order valence-electron chi connectivity index (χ3n) is 2.00. The van der Waals surface area contributed by atoms with Crippen LogP contribution in [-0.4, -0.2) is 5.25 Å². The molecule has 1 atom stereocenters. The van der Waals surface area contributed by atoms with Crippen LogP contribution in [0.2, 0.25) is 0 Å². The van der Waals surface area contributed by atoms with Crippen molar-refractivity contribution in [3.63, 3.8) is 0 Å². The second-order valence-electron chi connectivity index (χ2n) is 3.10. The topological polar surface area (TPSA) is 39.2 Å². The lowest BCUT2D eigenvalue weighted by molar-refractivity contribution is 0.482. The lowest BCUT2D eigenvalue weighted by atomic mass is 10.4. The van der Waals surface area contributed by atoms with Crippen molar-refractivity contribution in [3.05, 3.63) is 23.7 Å². The molecule has 0 aliphatic heterocycles. The summed E-state index contributed by atoms with van der Waals surface area (Å²) in [7, 11) is 0. The van der Waals surface area contributed by atoms with E-state index < -0.39 is 0 Å². The second-order valence-corrected chi connectivity index (χ2v) is 4.53. The first-order valence-corrected chi connectivity index (χ1v) is 5.70. The van der Waals surface area contributed by atoms with Crippen LogP contribution in [0.4, 0.5) is 0 Å². The van der Waals surface area contributed by atoms with Crippen molar-refractivity contribution in [2.24, 2.45) is 5.73 Å². The highest BCUT2D eigenvalue weighted by molar-refractivity contribution is 7.99. The van der Waals surface area contributed by atoms with E-state index in [2.05, 4.69) is 13.8 Å². The zero-order valence-corrected chi connectivity index (χ0v) is 9.06. The van der Waals surface area contributed by atoms with E-state index in [9.17, 15) is 0 Å². The Bertz CT molecular complexity index is 247. The van der Waals surface area contributed by atoms with E-state index in [0.29, 0.717) is 11.8 Å². The first kappa shape index (κ1) is 10.7. The lowest BCUT2D eigenvalue weighted by Crippen LogP contribution is -1.94. The normalized spacial score (nSPS) is 13.2. The number of hydrogen-bond donors (Lipinski definition) is 1. The average molecular weight is 199 g/mol. The predicted octanol–water partition coefficient (Wildman–Crippen LogP) is 2.77. The molecule has 0 amide bonds. The van der Waals surface area contributed by atoms with Crippen molar-refractivity contribution in [3.8, 4) is 0 Å². The quantitative estimate of drug-likeness (QED) is 0.792. The van der Waals surface area contributed by atoms with Crippen molar-refractivity contribution in [1.82, 2.24) is 0 Å². The average Bonchev–Trinajstić information content (AvgIpc) is 2.61. The van der Waals surface area contributed by atoms with E-state index in [-0.39, 0.29) is 0 Å². The van der Waals surface area contributed by atoms with E-state index in [1.165, 1.54) is 6.42 Å². The summed E-state index contributed by atoms with van der Waals surface area (Å²) in [5.41, 5.74) is 5.44. The highest BCUT2D eigenvalue weighted by Crippen LogP contribution is 2.20. The van der Waals surface area contributed by atoms with Crippen molar-refractivity contribution < 1.29 is 4.42 Å². The van der Waals surface area contributed by atoms with Gasteiger partial charge in [0.15, 0.2) is 0 Å². The van der Waals surface area contributed by atoms with Crippen LogP contribution in [0, 0.1) is 0 Å². The van der Waals surface area contributed by atoms with Gasteiger partial charge >= 0.3 is 0 Å². The van der Waals surface area contributed by atoms with Crippen LogP contribution in [0.1, 0.15) is 31.8 Å². The van der Waals surface area contributed by atoms with Gasteiger partial charge in [0.1, 0.15) is 11.5 Å². The minimum absolute atomic E-state index is 0.494. The molecule has 74 valence electrons. The van der Waals surface area contributed by atoms with E-state index in [0.717, 1.165) is 17.3 Å². The summed E-state index contributed by atoms with van der Waals surface area (Å²) in [6.07, 6.45) is 1.20. The van der Waals surface area contributed by atoms with Gasteiger partial charge in [-0.15, -0.1) is 0 Å². The summed E-state index contributed by atoms with van der Waals surface area (Å²) in [6.45, 7) is 4.93. The summed E-state index contributed by atoms with van der Waals surface area (Å²) in [5, 5.41) is 0.700. The molecule has 1 rings (SSSR count). The van der Waals surface area contributed by atoms with E-state index >= 15 is 0 Å². The van der Waals surface area contributed by atoms with Gasteiger partial charge in [-0.1, -0.05) is 13.8 Å². The summed E-state index contributed by atoms with van der Waals surface area (Å²) >= 11 is 1.92. The lowest BCUT2D eigenvalue weighted by Gasteiger charge is -2.05. The van der Waals surface area contributed by atoms with Crippen LogP contribution in [0.5, 0.6) is 0 Å². The number of rotatable bonds is 5. The zero-order chi connectivity index (χ0) is 9.68. The molecule has 0 radical (unpaired) electrons. The third kappa shape index (κ3) is 3.44. The molecule has 1 heterocycles. The smallest absolute Gasteiger partial charge is 0.117 e. The molecule has 2 N–H and O–H groups in total. The first-order chi connectivity index (χ1) is 6.26. The van der Waals surface area contributed by atoms with Crippen molar-refractivity contribution in [2.45, 2.75) is 37.8 Å². The van der Waals surface area contributed by atoms with Crippen molar-refractivity contribution in [2.75, 3.05) is 0 Å². The summed E-state index contributed by atoms with van der Waals surface area (Å²) in [4.78, 5) is 0. The molecule has 0 aromatic carbocycles. The highest BCUT2D eigenvalue weighted by Gasteiger charge is 2.03. The van der Waals surface area contributed by atoms with Gasteiger partial charge in [0.05, 0.1) is 12.3 Å². The maximum absolute atomic E-state index is 5.48. The minimum atomic E-state index is 0.494. The molecule has 0 aliphatic rings. The van der Waals surface area contributed by atoms with Crippen LogP contribution >= 0.6 is 11.8 Å². The predicted molar refractivity (Wildman–Crippen MR) is 57.6 cm³/mol. The van der Waals surface area contributed by atoms with Crippen LogP contribution in [0.25, 0.3) is 0 Å². The molecular formula is C10H17NOS. The van der Waals surface area contributed by atoms with Crippen molar-refractivity contribution in [1.29, 1.82) is 0 Å². The SMILES string of the molecule is CCC(C)SCc1ccc(CN)o1. The molecule has 1 aromatic heterocycles. The highest BCUT2D eigenvalue weighted by atomic mass is 32.2. The summed E-state index contributed by atoms with van der Waals surface area (Å²) in [6, 6.07) is 3.96. The Morgan fingerprint density at radius 1 is 1.46 bits per heavy atom. The Kier molecular flexibility index (Phi) is 4.39. The van der Waals surface area contributed by atoms with Crippen molar-refractivity contribution >= 4 is 11.8 Å². The molecule has 0 aliphatic carbocycles. The van der Waals surface area contributed by atoms with Gasteiger partial charge in [0.2, 0.25) is 0 Å². The number of furan rings is 1. The zero-order valence-electron chi connectivity index (χ0n) is 8.25. The van der Waals surface area contributed by atoms with E-state index in [1.807, 2.05) is 23.9 Å². The van der Waals surface area contributed by atoms with E-state index in [1.54, 1.807) is 0 Å². The molecule has 0 fully saturated rings. The molecule has 2 nitrogen and oxygen atoms in total. The Morgan fingerprint density at radius 3 is 2.69 bits per heavy atom. The Labute approximate surface area is 83.9 Å². The largest absolute Gasteiger partial charge is 0.464 e. The molecule has 0 spiro atoms. The summed E-state index contributed by atoms with van der Waals surface area (Å²) in [5.74, 6) is 2.86. The molecule has 1 aromatic rings. The number of thioether (sulfide) groups is 1. The van der Waals surface area contributed by atoms with E-state index in [4.69, 9.17) is 10.2 Å². The Morgan fingerprint density at radius 2 is 2.15 bits per heavy atom. The Hall–Kier alpha value is -0.410. The fourth-order valence-corrected chi connectivity index (χ4v) is 1.79. The maximum atomic E-state index is 5.48. The molecule has 3 heteroatoms. The summed E-state index contributed by atoms with van der Waals surface area (Å²) < 4.78 is 5.48. The molecule has 0 saturated carbocycles. The molecule has 0 bridgehead atoms. The van der Waals surface area contributed by atoms with Crippen LogP contribution in [0.15, 0.2) is 16.5 Å². The number of hydrogen-bond acceptors (Lipinski definition) is 3. The van der Waals surface area contributed by atoms with Gasteiger partial charge < -0.3 is 10.2 Å². The molecular weight excluding hydrogens is 182 g/mol. The molecule has 1 unspecified atom stereocenters. The number of nitrogens with two attached hydrogens (primary N) is 1. The van der Waals surface area contributed by atoms with Gasteiger partial charge in [0.25, 0.3) is 0 Å². The van der Waals surface area contributed by atoms with Crippen LogP contribution in [-0.2, 0) is 12.3 Å². The van der Waals surface area contributed by atoms with Gasteiger partial charge in [-0.2, -0.15) is 11.8 Å². The second kappa shape index (κ2) is 5.35. The third-order valence-corrected chi connectivity index (χ3v) is 3.36. The maximum Gasteiger partial charge on any atom is 0.117 e. The van der Waals surface area contributed by atoms with Gasteiger partial charge in [-0.25, -0.2) is 0 Å².